The maximum atomic E-state index is 9.17. The highest BCUT2D eigenvalue weighted by molar-refractivity contribution is 9.10. The molecular formula is C15H23BrN2O. The minimum absolute atomic E-state index is 0.331. The van der Waals surface area contributed by atoms with Crippen molar-refractivity contribution in [3.63, 3.8) is 0 Å². The van der Waals surface area contributed by atoms with Crippen molar-refractivity contribution >= 4 is 15.9 Å². The fraction of sp³-hybridized carbons (Fsp3) is 0.600. The Hall–Kier alpha value is -0.420. The molecule has 0 saturated carbocycles. The Bertz CT molecular complexity index is 399. The van der Waals surface area contributed by atoms with Crippen molar-refractivity contribution in [1.29, 1.82) is 0 Å². The first-order valence-electron chi connectivity index (χ1n) is 6.99. The van der Waals surface area contributed by atoms with Crippen LogP contribution in [0.5, 0.6) is 0 Å². The molecule has 1 saturated heterocycles. The average molecular weight is 327 g/mol. The highest BCUT2D eigenvalue weighted by atomic mass is 79.9. The lowest BCUT2D eigenvalue weighted by atomic mass is 10.0. The van der Waals surface area contributed by atoms with Crippen molar-refractivity contribution in [2.75, 3.05) is 33.3 Å². The van der Waals surface area contributed by atoms with Gasteiger partial charge in [0, 0.05) is 23.7 Å². The van der Waals surface area contributed by atoms with Crippen LogP contribution in [-0.2, 0) is 0 Å². The van der Waals surface area contributed by atoms with Crippen molar-refractivity contribution in [3.05, 3.63) is 34.3 Å². The van der Waals surface area contributed by atoms with Gasteiger partial charge >= 0.3 is 0 Å². The second-order valence-electron chi connectivity index (χ2n) is 5.32. The van der Waals surface area contributed by atoms with Crippen LogP contribution in [-0.4, -0.2) is 43.3 Å². The number of nitrogens with zero attached hydrogens (tertiary/aromatic N) is 1. The van der Waals surface area contributed by atoms with Crippen molar-refractivity contribution in [3.8, 4) is 0 Å². The second-order valence-corrected chi connectivity index (χ2v) is 6.24. The molecule has 0 bridgehead atoms. The van der Waals surface area contributed by atoms with E-state index >= 15 is 0 Å². The minimum atomic E-state index is 0.331. The lowest BCUT2D eigenvalue weighted by Gasteiger charge is -2.21. The molecular weight excluding hydrogens is 304 g/mol. The summed E-state index contributed by atoms with van der Waals surface area (Å²) in [5.74, 6) is 0.485. The zero-order chi connectivity index (χ0) is 13.7. The van der Waals surface area contributed by atoms with E-state index in [1.165, 1.54) is 5.56 Å². The SMILES string of the molecule is CNC(CCN1CCC(CO)C1)c1cccc(Br)c1. The minimum Gasteiger partial charge on any atom is -0.396 e. The third-order valence-corrected chi connectivity index (χ3v) is 4.45. The van der Waals surface area contributed by atoms with Crippen LogP contribution < -0.4 is 5.32 Å². The van der Waals surface area contributed by atoms with Gasteiger partial charge in [-0.25, -0.2) is 0 Å². The zero-order valence-electron chi connectivity index (χ0n) is 11.5. The lowest BCUT2D eigenvalue weighted by Crippen LogP contribution is -2.27. The normalized spacial score (nSPS) is 21.7. The molecule has 1 aromatic carbocycles. The zero-order valence-corrected chi connectivity index (χ0v) is 13.1. The van der Waals surface area contributed by atoms with Crippen LogP contribution in [0.3, 0.4) is 0 Å². The number of hydrogen-bond acceptors (Lipinski definition) is 3. The van der Waals surface area contributed by atoms with Crippen LogP contribution in [0.25, 0.3) is 0 Å². The van der Waals surface area contributed by atoms with E-state index < -0.39 is 0 Å². The van der Waals surface area contributed by atoms with Gasteiger partial charge in [-0.2, -0.15) is 0 Å². The molecule has 2 rings (SSSR count). The molecule has 106 valence electrons. The summed E-state index contributed by atoms with van der Waals surface area (Å²) in [4.78, 5) is 2.46. The summed E-state index contributed by atoms with van der Waals surface area (Å²) >= 11 is 3.53. The largest absolute Gasteiger partial charge is 0.396 e. The molecule has 1 fully saturated rings. The molecule has 3 nitrogen and oxygen atoms in total. The molecule has 19 heavy (non-hydrogen) atoms. The Morgan fingerprint density at radius 3 is 3.00 bits per heavy atom. The summed E-state index contributed by atoms with van der Waals surface area (Å²) < 4.78 is 1.13. The van der Waals surface area contributed by atoms with Gasteiger partial charge < -0.3 is 15.3 Å². The summed E-state index contributed by atoms with van der Waals surface area (Å²) in [5, 5.41) is 12.6. The van der Waals surface area contributed by atoms with Crippen molar-refractivity contribution < 1.29 is 5.11 Å². The molecule has 0 radical (unpaired) electrons. The standard InChI is InChI=1S/C15H23BrN2O/c1-17-15(13-3-2-4-14(16)9-13)6-8-18-7-5-12(10-18)11-19/h2-4,9,12,15,17,19H,5-8,10-11H2,1H3. The van der Waals surface area contributed by atoms with Gasteiger partial charge in [-0.3, -0.25) is 0 Å². The Morgan fingerprint density at radius 2 is 2.37 bits per heavy atom. The lowest BCUT2D eigenvalue weighted by molar-refractivity contribution is 0.219. The predicted octanol–water partition coefficient (Wildman–Crippen LogP) is 2.41. The summed E-state index contributed by atoms with van der Waals surface area (Å²) in [6.07, 6.45) is 2.24. The average Bonchev–Trinajstić information content (AvgIpc) is 2.87. The van der Waals surface area contributed by atoms with Gasteiger partial charge in [0.05, 0.1) is 0 Å². The monoisotopic (exact) mass is 326 g/mol. The third kappa shape index (κ3) is 4.28. The summed E-state index contributed by atoms with van der Waals surface area (Å²) in [7, 11) is 2.02. The van der Waals surface area contributed by atoms with Gasteiger partial charge in [0.25, 0.3) is 0 Å². The van der Waals surface area contributed by atoms with Crippen molar-refractivity contribution in [1.82, 2.24) is 10.2 Å². The number of aliphatic hydroxyl groups excluding tert-OH is 1. The Kier molecular flexibility index (Phi) is 5.82. The summed E-state index contributed by atoms with van der Waals surface area (Å²) in [5.41, 5.74) is 1.33. The molecule has 2 atom stereocenters. The molecule has 1 aliphatic heterocycles. The van der Waals surface area contributed by atoms with E-state index in [4.69, 9.17) is 0 Å². The van der Waals surface area contributed by atoms with Crippen LogP contribution in [0.2, 0.25) is 0 Å². The molecule has 1 aromatic rings. The maximum absolute atomic E-state index is 9.17. The number of rotatable bonds is 6. The van der Waals surface area contributed by atoms with Crippen LogP contribution >= 0.6 is 15.9 Å². The molecule has 0 amide bonds. The third-order valence-electron chi connectivity index (χ3n) is 3.96. The van der Waals surface area contributed by atoms with Gasteiger partial charge in [-0.1, -0.05) is 28.1 Å². The van der Waals surface area contributed by atoms with Gasteiger partial charge in [0.15, 0.2) is 0 Å². The first kappa shape index (κ1) is 15.0. The van der Waals surface area contributed by atoms with E-state index in [2.05, 4.69) is 50.4 Å². The van der Waals surface area contributed by atoms with Crippen LogP contribution in [0.15, 0.2) is 28.7 Å². The summed E-state index contributed by atoms with van der Waals surface area (Å²) in [6.45, 7) is 3.59. The molecule has 0 spiro atoms. The van der Waals surface area contributed by atoms with Crippen LogP contribution in [0.1, 0.15) is 24.4 Å². The Balaban J connectivity index is 1.86. The predicted molar refractivity (Wildman–Crippen MR) is 82.2 cm³/mol. The molecule has 2 N–H and O–H groups in total. The molecule has 0 aromatic heterocycles. The van der Waals surface area contributed by atoms with Gasteiger partial charge in [-0.15, -0.1) is 0 Å². The Labute approximate surface area is 124 Å². The van der Waals surface area contributed by atoms with E-state index in [0.717, 1.165) is 36.9 Å². The highest BCUT2D eigenvalue weighted by Gasteiger charge is 2.22. The fourth-order valence-corrected chi connectivity index (χ4v) is 3.19. The van der Waals surface area contributed by atoms with Gasteiger partial charge in [0.2, 0.25) is 0 Å². The van der Waals surface area contributed by atoms with E-state index in [-0.39, 0.29) is 0 Å². The van der Waals surface area contributed by atoms with Crippen molar-refractivity contribution in [2.45, 2.75) is 18.9 Å². The van der Waals surface area contributed by atoms with Crippen LogP contribution in [0.4, 0.5) is 0 Å². The highest BCUT2D eigenvalue weighted by Crippen LogP contribution is 2.22. The van der Waals surface area contributed by atoms with E-state index in [1.807, 2.05) is 7.05 Å². The first-order chi connectivity index (χ1) is 9.22. The number of likely N-dealkylation sites (tertiary alicyclic amines) is 1. The molecule has 0 aliphatic carbocycles. The van der Waals surface area contributed by atoms with Crippen LogP contribution in [0, 0.1) is 5.92 Å². The maximum Gasteiger partial charge on any atom is 0.0471 e. The fourth-order valence-electron chi connectivity index (χ4n) is 2.78. The Morgan fingerprint density at radius 1 is 1.53 bits per heavy atom. The second kappa shape index (κ2) is 7.39. The van der Waals surface area contributed by atoms with E-state index in [9.17, 15) is 5.11 Å². The van der Waals surface area contributed by atoms with Gasteiger partial charge in [-0.05, 0) is 56.6 Å². The molecule has 1 heterocycles. The number of aliphatic hydroxyl groups is 1. The number of benzene rings is 1. The van der Waals surface area contributed by atoms with E-state index in [0.29, 0.717) is 18.6 Å². The quantitative estimate of drug-likeness (QED) is 0.842. The molecule has 1 aliphatic rings. The summed E-state index contributed by atoms with van der Waals surface area (Å²) in [6, 6.07) is 8.89. The van der Waals surface area contributed by atoms with E-state index in [1.54, 1.807) is 0 Å². The van der Waals surface area contributed by atoms with Gasteiger partial charge in [0.1, 0.15) is 0 Å². The number of hydrogen-bond donors (Lipinski definition) is 2. The number of halogens is 1. The first-order valence-corrected chi connectivity index (χ1v) is 7.78. The number of nitrogens with one attached hydrogen (secondary N) is 1. The topological polar surface area (TPSA) is 35.5 Å². The smallest absolute Gasteiger partial charge is 0.0471 e. The van der Waals surface area contributed by atoms with Crippen molar-refractivity contribution in [2.24, 2.45) is 5.92 Å². The molecule has 2 unspecified atom stereocenters. The molecule has 4 heteroatoms.